The van der Waals surface area contributed by atoms with Crippen LogP contribution in [-0.4, -0.2) is 4.57 Å². The lowest BCUT2D eigenvalue weighted by Crippen LogP contribution is -2.12. The van der Waals surface area contributed by atoms with Gasteiger partial charge in [-0.1, -0.05) is 15.9 Å². The number of pyridine rings is 1. The monoisotopic (exact) mass is 309 g/mol. The van der Waals surface area contributed by atoms with Crippen molar-refractivity contribution < 1.29 is 0 Å². The average molecular weight is 310 g/mol. The summed E-state index contributed by atoms with van der Waals surface area (Å²) < 4.78 is 3.04. The van der Waals surface area contributed by atoms with Crippen LogP contribution >= 0.6 is 28.6 Å². The zero-order valence-corrected chi connectivity index (χ0v) is 11.8. The van der Waals surface area contributed by atoms with Crippen molar-refractivity contribution in [3.8, 4) is 5.69 Å². The van der Waals surface area contributed by atoms with E-state index in [1.165, 1.54) is 0 Å². The van der Waals surface area contributed by atoms with Crippen LogP contribution in [0.2, 0.25) is 0 Å². The molecule has 0 bridgehead atoms. The minimum Gasteiger partial charge on any atom is -0.321 e. The van der Waals surface area contributed by atoms with Gasteiger partial charge in [0.05, 0.1) is 0 Å². The maximum Gasteiger partial charge on any atom is 0.185 e. The number of hydrogen-bond donors (Lipinski definition) is 1. The molecule has 2 rings (SSSR count). The van der Waals surface area contributed by atoms with Crippen molar-refractivity contribution in [3.63, 3.8) is 0 Å². The lowest BCUT2D eigenvalue weighted by atomic mass is 10.2. The van der Waals surface area contributed by atoms with Gasteiger partial charge in [0.1, 0.15) is 0 Å². The van der Waals surface area contributed by atoms with E-state index in [0.717, 1.165) is 15.9 Å². The molecule has 4 heteroatoms. The number of thiol groups is 1. The third-order valence-electron chi connectivity index (χ3n) is 2.60. The normalized spacial score (nSPS) is 10.5. The van der Waals surface area contributed by atoms with Crippen molar-refractivity contribution >= 4 is 28.6 Å². The van der Waals surface area contributed by atoms with Crippen LogP contribution in [0.3, 0.4) is 0 Å². The molecule has 1 aromatic heterocycles. The van der Waals surface area contributed by atoms with Crippen molar-refractivity contribution in [2.24, 2.45) is 0 Å². The molecule has 2 aromatic rings. The molecule has 0 aliphatic carbocycles. The Morgan fingerprint density at radius 1 is 1.29 bits per heavy atom. The Bertz CT molecular complexity index is 589. The third-order valence-corrected chi connectivity index (χ3v) is 3.47. The molecule has 0 saturated heterocycles. The highest BCUT2D eigenvalue weighted by molar-refractivity contribution is 9.10. The van der Waals surface area contributed by atoms with Crippen molar-refractivity contribution in [1.29, 1.82) is 0 Å². The summed E-state index contributed by atoms with van der Waals surface area (Å²) in [4.78, 5) is 11.6. The highest BCUT2D eigenvalue weighted by Gasteiger charge is 2.04. The summed E-state index contributed by atoms with van der Waals surface area (Å²) in [5.41, 5.74) is 2.71. The lowest BCUT2D eigenvalue weighted by Gasteiger charge is -2.12. The number of benzene rings is 1. The summed E-state index contributed by atoms with van der Waals surface area (Å²) in [7, 11) is 0. The van der Waals surface area contributed by atoms with Crippen molar-refractivity contribution in [1.82, 2.24) is 4.57 Å². The average Bonchev–Trinajstić information content (AvgIpc) is 2.31. The summed E-state index contributed by atoms with van der Waals surface area (Å²) in [6, 6.07) is 9.61. The Kier molecular flexibility index (Phi) is 3.74. The van der Waals surface area contributed by atoms with Gasteiger partial charge >= 0.3 is 0 Å². The molecule has 0 saturated carbocycles. The van der Waals surface area contributed by atoms with Crippen LogP contribution in [0.1, 0.15) is 11.3 Å². The van der Waals surface area contributed by atoms with Crippen LogP contribution < -0.4 is 5.43 Å². The molecule has 0 unspecified atom stereocenters. The van der Waals surface area contributed by atoms with Gasteiger partial charge in [-0.3, -0.25) is 4.79 Å². The second kappa shape index (κ2) is 5.10. The summed E-state index contributed by atoms with van der Waals surface area (Å²) in [6.45, 7) is 1.92. The predicted octanol–water partition coefficient (Wildman–Crippen LogP) is 3.34. The lowest BCUT2D eigenvalue weighted by molar-refractivity contribution is 0.956. The van der Waals surface area contributed by atoms with Crippen molar-refractivity contribution in [3.05, 3.63) is 62.5 Å². The largest absolute Gasteiger partial charge is 0.321 e. The molecule has 0 amide bonds. The molecular weight excluding hydrogens is 298 g/mol. The summed E-state index contributed by atoms with van der Waals surface area (Å²) in [6.07, 6.45) is 1.86. The van der Waals surface area contributed by atoms with E-state index < -0.39 is 0 Å². The maximum absolute atomic E-state index is 11.6. The van der Waals surface area contributed by atoms with Gasteiger partial charge in [0.25, 0.3) is 0 Å². The molecule has 88 valence electrons. The molecule has 0 radical (unpaired) electrons. The van der Waals surface area contributed by atoms with E-state index in [0.29, 0.717) is 11.3 Å². The quantitative estimate of drug-likeness (QED) is 0.844. The summed E-state index contributed by atoms with van der Waals surface area (Å²) in [5, 5.41) is 0. The van der Waals surface area contributed by atoms with E-state index in [2.05, 4.69) is 28.6 Å². The van der Waals surface area contributed by atoms with Gasteiger partial charge in [-0.05, 0) is 31.2 Å². The zero-order valence-electron chi connectivity index (χ0n) is 9.35. The van der Waals surface area contributed by atoms with Crippen LogP contribution in [0.5, 0.6) is 0 Å². The van der Waals surface area contributed by atoms with Gasteiger partial charge < -0.3 is 4.57 Å². The Morgan fingerprint density at radius 2 is 1.94 bits per heavy atom. The van der Waals surface area contributed by atoms with Crippen molar-refractivity contribution in [2.45, 2.75) is 12.7 Å². The van der Waals surface area contributed by atoms with Crippen LogP contribution in [0.25, 0.3) is 5.69 Å². The number of aromatic nitrogens is 1. The van der Waals surface area contributed by atoms with Crippen LogP contribution in [0, 0.1) is 6.92 Å². The van der Waals surface area contributed by atoms with E-state index in [1.807, 2.05) is 42.0 Å². The topological polar surface area (TPSA) is 22.0 Å². The van der Waals surface area contributed by atoms with E-state index >= 15 is 0 Å². The molecule has 0 aliphatic rings. The molecule has 0 aliphatic heterocycles. The minimum atomic E-state index is 0.0471. The molecule has 0 fully saturated rings. The fraction of sp³-hybridized carbons (Fsp3) is 0.154. The number of aryl methyl sites for hydroxylation is 1. The van der Waals surface area contributed by atoms with Gasteiger partial charge in [-0.15, -0.1) is 0 Å². The SMILES string of the molecule is Cc1cc(=O)c(CS)cn1-c1ccc(Br)cc1. The Morgan fingerprint density at radius 3 is 2.53 bits per heavy atom. The third kappa shape index (κ3) is 2.64. The van der Waals surface area contributed by atoms with E-state index in [-0.39, 0.29) is 5.43 Å². The first-order chi connectivity index (χ1) is 8.11. The minimum absolute atomic E-state index is 0.0471. The smallest absolute Gasteiger partial charge is 0.185 e. The number of halogens is 1. The van der Waals surface area contributed by atoms with Crippen LogP contribution in [-0.2, 0) is 5.75 Å². The molecule has 1 aromatic carbocycles. The number of nitrogens with zero attached hydrogens (tertiary/aromatic N) is 1. The highest BCUT2D eigenvalue weighted by Crippen LogP contribution is 2.15. The van der Waals surface area contributed by atoms with Gasteiger partial charge in [-0.2, -0.15) is 12.6 Å². The second-order valence-corrected chi connectivity index (χ2v) is 5.04. The maximum atomic E-state index is 11.6. The molecule has 0 spiro atoms. The first kappa shape index (κ1) is 12.5. The van der Waals surface area contributed by atoms with Crippen molar-refractivity contribution in [2.75, 3.05) is 0 Å². The number of rotatable bonds is 2. The highest BCUT2D eigenvalue weighted by atomic mass is 79.9. The molecule has 2 nitrogen and oxygen atoms in total. The van der Waals surface area contributed by atoms with Gasteiger partial charge in [0, 0.05) is 39.4 Å². The van der Waals surface area contributed by atoms with E-state index in [9.17, 15) is 4.79 Å². The molecule has 0 atom stereocenters. The first-order valence-corrected chi connectivity index (χ1v) is 6.63. The van der Waals surface area contributed by atoms with Gasteiger partial charge in [0.2, 0.25) is 0 Å². The molecular formula is C13H12BrNOS. The molecule has 0 N–H and O–H groups in total. The zero-order chi connectivity index (χ0) is 12.4. The van der Waals surface area contributed by atoms with Gasteiger partial charge in [0.15, 0.2) is 5.43 Å². The molecule has 1 heterocycles. The summed E-state index contributed by atoms with van der Waals surface area (Å²) >= 11 is 7.57. The standard InChI is InChI=1S/C13H12BrNOS/c1-9-6-13(16)10(8-17)7-15(9)12-4-2-11(14)3-5-12/h2-7,17H,8H2,1H3. The summed E-state index contributed by atoms with van der Waals surface area (Å²) in [5.74, 6) is 0.454. The molecule has 17 heavy (non-hydrogen) atoms. The van der Waals surface area contributed by atoms with Crippen LogP contribution in [0.15, 0.2) is 45.8 Å². The Balaban J connectivity index is 2.59. The Hall–Kier alpha value is -1.00. The van der Waals surface area contributed by atoms with E-state index in [1.54, 1.807) is 6.07 Å². The van der Waals surface area contributed by atoms with E-state index in [4.69, 9.17) is 0 Å². The Labute approximate surface area is 114 Å². The predicted molar refractivity (Wildman–Crippen MR) is 77.2 cm³/mol. The second-order valence-electron chi connectivity index (χ2n) is 3.81. The van der Waals surface area contributed by atoms with Gasteiger partial charge in [-0.25, -0.2) is 0 Å². The van der Waals surface area contributed by atoms with Crippen LogP contribution in [0.4, 0.5) is 0 Å². The number of hydrogen-bond acceptors (Lipinski definition) is 2. The first-order valence-electron chi connectivity index (χ1n) is 5.21. The fourth-order valence-corrected chi connectivity index (χ4v) is 2.17. The fourth-order valence-electron chi connectivity index (χ4n) is 1.67.